The summed E-state index contributed by atoms with van der Waals surface area (Å²) in [4.78, 5) is 12.9. The molecule has 1 amide bonds. The Morgan fingerprint density at radius 1 is 1.00 bits per heavy atom. The Kier molecular flexibility index (Phi) is 9.82. The zero-order valence-corrected chi connectivity index (χ0v) is 22.3. The Morgan fingerprint density at radius 2 is 1.70 bits per heavy atom. The van der Waals surface area contributed by atoms with E-state index in [-0.39, 0.29) is 10.8 Å². The van der Waals surface area contributed by atoms with Crippen LogP contribution in [0.4, 0.5) is 0 Å². The summed E-state index contributed by atoms with van der Waals surface area (Å²) in [6, 6.07) is 20.5. The molecule has 0 fully saturated rings. The third-order valence-corrected chi connectivity index (χ3v) is 6.95. The third-order valence-electron chi connectivity index (χ3n) is 5.47. The molecule has 3 rings (SSSR count). The van der Waals surface area contributed by atoms with E-state index in [0.29, 0.717) is 30.1 Å². The quantitative estimate of drug-likeness (QED) is 0.270. The van der Waals surface area contributed by atoms with Gasteiger partial charge in [0.1, 0.15) is 12.6 Å². The van der Waals surface area contributed by atoms with Gasteiger partial charge in [0.05, 0.1) is 18.2 Å². The lowest BCUT2D eigenvalue weighted by atomic mass is 10.0. The maximum Gasteiger partial charge on any atom is 0.258 e. The molecule has 0 spiro atoms. The number of carbonyl (C=O) groups excluding carboxylic acids is 1. The van der Waals surface area contributed by atoms with E-state index in [9.17, 15) is 13.2 Å². The van der Waals surface area contributed by atoms with Crippen molar-refractivity contribution in [3.8, 4) is 11.5 Å². The van der Waals surface area contributed by atoms with Gasteiger partial charge in [-0.15, -0.1) is 0 Å². The van der Waals surface area contributed by atoms with Crippen LogP contribution in [0.2, 0.25) is 0 Å². The topological polar surface area (TPSA) is 106 Å². The number of aryl methyl sites for hydroxylation is 1. The number of nitrogens with zero attached hydrogens (tertiary/aromatic N) is 1. The highest BCUT2D eigenvalue weighted by Crippen LogP contribution is 2.28. The molecule has 37 heavy (non-hydrogen) atoms. The summed E-state index contributed by atoms with van der Waals surface area (Å²) in [5.41, 5.74) is 5.10. The van der Waals surface area contributed by atoms with Crippen LogP contribution in [0.1, 0.15) is 37.0 Å². The Morgan fingerprint density at radius 3 is 2.35 bits per heavy atom. The molecule has 0 aromatic heterocycles. The molecule has 0 bridgehead atoms. The van der Waals surface area contributed by atoms with E-state index in [1.165, 1.54) is 18.3 Å². The van der Waals surface area contributed by atoms with Crippen molar-refractivity contribution in [2.75, 3.05) is 7.11 Å². The first-order valence-electron chi connectivity index (χ1n) is 11.9. The van der Waals surface area contributed by atoms with Crippen molar-refractivity contribution in [2.24, 2.45) is 11.0 Å². The summed E-state index contributed by atoms with van der Waals surface area (Å²) < 4.78 is 39.5. The molecule has 2 N–H and O–H groups in total. The lowest BCUT2D eigenvalue weighted by Crippen LogP contribution is -2.46. The number of nitrogens with one attached hydrogen (secondary N) is 2. The van der Waals surface area contributed by atoms with Gasteiger partial charge in [-0.25, -0.2) is 13.8 Å². The van der Waals surface area contributed by atoms with Crippen LogP contribution in [0.5, 0.6) is 11.5 Å². The number of ether oxygens (including phenoxy) is 2. The summed E-state index contributed by atoms with van der Waals surface area (Å²) in [6.45, 7) is 6.10. The molecule has 0 heterocycles. The van der Waals surface area contributed by atoms with Gasteiger partial charge in [0.2, 0.25) is 10.0 Å². The molecule has 0 radical (unpaired) electrons. The Bertz CT molecular complexity index is 1310. The van der Waals surface area contributed by atoms with Gasteiger partial charge in [-0.3, -0.25) is 4.79 Å². The number of sulfonamides is 1. The molecular weight excluding hydrogens is 490 g/mol. The van der Waals surface area contributed by atoms with E-state index in [0.717, 1.165) is 11.1 Å². The molecule has 9 heteroatoms. The SMILES string of the molecule is COc1cc(/C=N\NC(=O)[C@@H](CC(C)C)NS(=O)(=O)c2ccc(C)cc2)ccc1OCc1ccccc1. The minimum Gasteiger partial charge on any atom is -0.493 e. The minimum atomic E-state index is -3.88. The average molecular weight is 524 g/mol. The fourth-order valence-corrected chi connectivity index (χ4v) is 4.73. The number of methoxy groups -OCH3 is 1. The van der Waals surface area contributed by atoms with Gasteiger partial charge in [0.15, 0.2) is 11.5 Å². The monoisotopic (exact) mass is 523 g/mol. The van der Waals surface area contributed by atoms with Crippen LogP contribution < -0.4 is 19.6 Å². The van der Waals surface area contributed by atoms with Gasteiger partial charge in [-0.1, -0.05) is 61.9 Å². The second-order valence-electron chi connectivity index (χ2n) is 9.04. The summed E-state index contributed by atoms with van der Waals surface area (Å²) in [5, 5.41) is 4.03. The highest BCUT2D eigenvalue weighted by molar-refractivity contribution is 7.89. The number of amides is 1. The Balaban J connectivity index is 1.65. The van der Waals surface area contributed by atoms with Crippen LogP contribution in [0.15, 0.2) is 82.8 Å². The zero-order valence-electron chi connectivity index (χ0n) is 21.5. The molecule has 3 aromatic rings. The molecule has 1 atom stereocenters. The van der Waals surface area contributed by atoms with Gasteiger partial charge < -0.3 is 9.47 Å². The van der Waals surface area contributed by atoms with E-state index in [2.05, 4.69) is 15.2 Å². The van der Waals surface area contributed by atoms with Crippen LogP contribution in [0, 0.1) is 12.8 Å². The normalized spacial score (nSPS) is 12.5. The largest absolute Gasteiger partial charge is 0.493 e. The van der Waals surface area contributed by atoms with Crippen molar-refractivity contribution in [3.63, 3.8) is 0 Å². The van der Waals surface area contributed by atoms with Crippen molar-refractivity contribution >= 4 is 22.1 Å². The summed E-state index contributed by atoms with van der Waals surface area (Å²) in [7, 11) is -2.33. The number of benzene rings is 3. The number of hydrazone groups is 1. The van der Waals surface area contributed by atoms with Gasteiger partial charge >= 0.3 is 0 Å². The Labute approximate surface area is 218 Å². The van der Waals surface area contributed by atoms with Crippen LogP contribution >= 0.6 is 0 Å². The van der Waals surface area contributed by atoms with Crippen molar-refractivity contribution in [2.45, 2.75) is 44.7 Å². The van der Waals surface area contributed by atoms with E-state index >= 15 is 0 Å². The maximum absolute atomic E-state index is 12.8. The van der Waals surface area contributed by atoms with Crippen molar-refractivity contribution in [1.29, 1.82) is 0 Å². The number of hydrogen-bond donors (Lipinski definition) is 2. The lowest BCUT2D eigenvalue weighted by Gasteiger charge is -2.19. The molecule has 0 aliphatic carbocycles. The van der Waals surface area contributed by atoms with Gasteiger partial charge in [-0.05, 0) is 60.7 Å². The molecule has 0 unspecified atom stereocenters. The van der Waals surface area contributed by atoms with E-state index in [1.54, 1.807) is 37.4 Å². The highest BCUT2D eigenvalue weighted by atomic mass is 32.2. The summed E-state index contributed by atoms with van der Waals surface area (Å²) >= 11 is 0. The number of rotatable bonds is 12. The van der Waals surface area contributed by atoms with Crippen LogP contribution in [0.3, 0.4) is 0 Å². The third kappa shape index (κ3) is 8.44. The summed E-state index contributed by atoms with van der Waals surface area (Å²) in [5.74, 6) is 0.633. The van der Waals surface area contributed by atoms with E-state index < -0.39 is 22.0 Å². The predicted octanol–water partition coefficient (Wildman–Crippen LogP) is 4.43. The average Bonchev–Trinajstić information content (AvgIpc) is 2.87. The number of hydrogen-bond acceptors (Lipinski definition) is 6. The van der Waals surface area contributed by atoms with Gasteiger partial charge in [0.25, 0.3) is 5.91 Å². The molecule has 0 aliphatic heterocycles. The first-order chi connectivity index (χ1) is 17.7. The summed E-state index contributed by atoms with van der Waals surface area (Å²) in [6.07, 6.45) is 1.77. The zero-order chi connectivity index (χ0) is 26.8. The maximum atomic E-state index is 12.8. The standard InChI is InChI=1S/C28H33N3O5S/c1-20(2)16-25(31-37(33,34)24-13-10-21(3)11-14-24)28(32)30-29-18-23-12-15-26(27(17-23)35-4)36-19-22-8-6-5-7-9-22/h5-15,17-18,20,25,31H,16,19H2,1-4H3,(H,30,32)/b29-18-/t25-/m1/s1. The second kappa shape index (κ2) is 13.0. The molecule has 0 aliphatic rings. The second-order valence-corrected chi connectivity index (χ2v) is 10.7. The predicted molar refractivity (Wildman–Crippen MR) is 144 cm³/mol. The van der Waals surface area contributed by atoms with Gasteiger partial charge in [0, 0.05) is 0 Å². The smallest absolute Gasteiger partial charge is 0.258 e. The van der Waals surface area contributed by atoms with Crippen molar-refractivity contribution in [3.05, 3.63) is 89.5 Å². The van der Waals surface area contributed by atoms with Crippen LogP contribution in [-0.4, -0.2) is 33.7 Å². The first-order valence-corrected chi connectivity index (χ1v) is 13.4. The van der Waals surface area contributed by atoms with Crippen LogP contribution in [-0.2, 0) is 21.4 Å². The van der Waals surface area contributed by atoms with Gasteiger partial charge in [-0.2, -0.15) is 9.82 Å². The van der Waals surface area contributed by atoms with Crippen molar-refractivity contribution in [1.82, 2.24) is 10.1 Å². The van der Waals surface area contributed by atoms with Crippen LogP contribution in [0.25, 0.3) is 0 Å². The molecule has 196 valence electrons. The Hall–Kier alpha value is -3.69. The molecular formula is C28H33N3O5S. The fraction of sp³-hybridized carbons (Fsp3) is 0.286. The molecule has 0 saturated carbocycles. The first kappa shape index (κ1) is 27.9. The molecule has 0 saturated heterocycles. The highest BCUT2D eigenvalue weighted by Gasteiger charge is 2.26. The number of carbonyl (C=O) groups is 1. The minimum absolute atomic E-state index is 0.0770. The molecule has 3 aromatic carbocycles. The van der Waals surface area contributed by atoms with E-state index in [1.807, 2.05) is 51.1 Å². The van der Waals surface area contributed by atoms with Crippen molar-refractivity contribution < 1.29 is 22.7 Å². The fourth-order valence-electron chi connectivity index (χ4n) is 3.52. The lowest BCUT2D eigenvalue weighted by molar-refractivity contribution is -0.123. The van der Waals surface area contributed by atoms with E-state index in [4.69, 9.17) is 9.47 Å². The molecule has 8 nitrogen and oxygen atoms in total.